The second kappa shape index (κ2) is 10.1. The van der Waals surface area contributed by atoms with Gasteiger partial charge in [-0.25, -0.2) is 4.79 Å². The number of ether oxygens (including phenoxy) is 1. The van der Waals surface area contributed by atoms with E-state index < -0.39 is 12.1 Å². The summed E-state index contributed by atoms with van der Waals surface area (Å²) in [7, 11) is 0. The van der Waals surface area contributed by atoms with Crippen LogP contribution in [0.5, 0.6) is 0 Å². The summed E-state index contributed by atoms with van der Waals surface area (Å²) >= 11 is 0. The fourth-order valence-electron chi connectivity index (χ4n) is 3.48. The number of aryl methyl sites for hydroxylation is 3. The van der Waals surface area contributed by atoms with Gasteiger partial charge in [0.1, 0.15) is 0 Å². The predicted octanol–water partition coefficient (Wildman–Crippen LogP) is 3.16. The maximum atomic E-state index is 12.8. The van der Waals surface area contributed by atoms with Crippen LogP contribution in [0.25, 0.3) is 11.0 Å². The number of aromatic nitrogens is 2. The van der Waals surface area contributed by atoms with Gasteiger partial charge < -0.3 is 10.1 Å². The first-order valence-electron chi connectivity index (χ1n) is 10.6. The second-order valence-electron chi connectivity index (χ2n) is 7.66. The van der Waals surface area contributed by atoms with Crippen molar-refractivity contribution in [3.63, 3.8) is 0 Å². The Morgan fingerprint density at radius 3 is 2.23 bits per heavy atom. The van der Waals surface area contributed by atoms with Crippen LogP contribution in [0.2, 0.25) is 0 Å². The number of amides is 1. The van der Waals surface area contributed by atoms with Crippen molar-refractivity contribution < 1.29 is 14.3 Å². The Labute approximate surface area is 181 Å². The lowest BCUT2D eigenvalue weighted by Gasteiger charge is -2.14. The fraction of sp³-hybridized carbons (Fsp3) is 0.375. The van der Waals surface area contributed by atoms with Crippen LogP contribution in [0.3, 0.4) is 0 Å². The fourth-order valence-corrected chi connectivity index (χ4v) is 3.48. The van der Waals surface area contributed by atoms with Crippen LogP contribution < -0.4 is 11.0 Å². The van der Waals surface area contributed by atoms with Gasteiger partial charge in [-0.3, -0.25) is 18.7 Å². The molecule has 7 heteroatoms. The highest BCUT2D eigenvalue weighted by Crippen LogP contribution is 2.14. The Hall–Kier alpha value is -3.35. The van der Waals surface area contributed by atoms with E-state index >= 15 is 0 Å². The normalized spacial score (nSPS) is 12.0. The van der Waals surface area contributed by atoms with E-state index in [0.717, 1.165) is 28.6 Å². The third kappa shape index (κ3) is 5.42. The molecule has 1 N–H and O–H groups in total. The molecule has 0 spiro atoms. The van der Waals surface area contributed by atoms with E-state index in [2.05, 4.69) is 5.32 Å². The van der Waals surface area contributed by atoms with Crippen LogP contribution in [-0.2, 0) is 34.0 Å². The van der Waals surface area contributed by atoms with Crippen molar-refractivity contribution in [2.24, 2.45) is 0 Å². The van der Waals surface area contributed by atoms with Crippen molar-refractivity contribution >= 4 is 22.9 Å². The summed E-state index contributed by atoms with van der Waals surface area (Å²) in [5, 5.41) is 2.77. The first kappa shape index (κ1) is 22.3. The summed E-state index contributed by atoms with van der Waals surface area (Å²) in [4.78, 5) is 37.3. The van der Waals surface area contributed by atoms with Crippen molar-refractivity contribution in [1.82, 2.24) is 14.5 Å². The molecular formula is C24H29N3O4. The van der Waals surface area contributed by atoms with Crippen LogP contribution in [0.15, 0.2) is 53.3 Å². The number of carbonyl (C=O) groups excluding carboxylic acids is 2. The number of esters is 1. The van der Waals surface area contributed by atoms with Crippen LogP contribution in [0.1, 0.15) is 37.8 Å². The Morgan fingerprint density at radius 1 is 1.00 bits per heavy atom. The van der Waals surface area contributed by atoms with Gasteiger partial charge in [-0.1, -0.05) is 48.9 Å². The van der Waals surface area contributed by atoms with Gasteiger partial charge in [0.2, 0.25) is 0 Å². The number of nitrogens with one attached hydrogen (secondary N) is 1. The molecule has 0 aliphatic rings. The number of nitrogens with zero attached hydrogens (tertiary/aromatic N) is 2. The van der Waals surface area contributed by atoms with Crippen LogP contribution >= 0.6 is 0 Å². The summed E-state index contributed by atoms with van der Waals surface area (Å²) in [5.74, 6) is -0.872. The molecule has 0 aliphatic heterocycles. The summed E-state index contributed by atoms with van der Waals surface area (Å²) < 4.78 is 8.59. The monoisotopic (exact) mass is 423 g/mol. The van der Waals surface area contributed by atoms with Gasteiger partial charge in [-0.2, -0.15) is 0 Å². The zero-order valence-corrected chi connectivity index (χ0v) is 18.3. The molecule has 1 atom stereocenters. The smallest absolute Gasteiger partial charge is 0.329 e. The van der Waals surface area contributed by atoms with E-state index in [4.69, 9.17) is 4.74 Å². The third-order valence-electron chi connectivity index (χ3n) is 5.18. The highest BCUT2D eigenvalue weighted by Gasteiger charge is 2.19. The molecule has 1 heterocycles. The number of benzene rings is 2. The van der Waals surface area contributed by atoms with Crippen molar-refractivity contribution in [3.8, 4) is 0 Å². The lowest BCUT2D eigenvalue weighted by Crippen LogP contribution is -2.35. The Balaban J connectivity index is 1.56. The molecule has 3 rings (SSSR count). The lowest BCUT2D eigenvalue weighted by atomic mass is 10.1. The van der Waals surface area contributed by atoms with Gasteiger partial charge in [0.25, 0.3) is 5.91 Å². The Kier molecular flexibility index (Phi) is 7.28. The molecule has 0 fully saturated rings. The van der Waals surface area contributed by atoms with Gasteiger partial charge in [0.05, 0.1) is 17.5 Å². The lowest BCUT2D eigenvalue weighted by molar-refractivity contribution is -0.155. The highest BCUT2D eigenvalue weighted by molar-refractivity contribution is 5.83. The van der Waals surface area contributed by atoms with E-state index in [1.165, 1.54) is 0 Å². The molecular weight excluding hydrogens is 394 g/mol. The summed E-state index contributed by atoms with van der Waals surface area (Å²) in [6, 6.07) is 15.4. The molecule has 0 saturated carbocycles. The number of rotatable bonds is 9. The first-order valence-corrected chi connectivity index (χ1v) is 10.6. The van der Waals surface area contributed by atoms with Gasteiger partial charge in [0, 0.05) is 19.6 Å². The number of imidazole rings is 1. The van der Waals surface area contributed by atoms with Crippen molar-refractivity contribution in [1.29, 1.82) is 0 Å². The summed E-state index contributed by atoms with van der Waals surface area (Å²) in [6.07, 6.45) is -0.0584. The number of carbonyl (C=O) groups is 2. The molecule has 0 saturated heterocycles. The third-order valence-corrected chi connectivity index (χ3v) is 5.18. The molecule has 31 heavy (non-hydrogen) atoms. The zero-order chi connectivity index (χ0) is 22.4. The minimum absolute atomic E-state index is 0.00955. The van der Waals surface area contributed by atoms with Crippen LogP contribution in [-0.4, -0.2) is 27.1 Å². The average molecular weight is 424 g/mol. The Morgan fingerprint density at radius 2 is 1.61 bits per heavy atom. The molecule has 0 bridgehead atoms. The van der Waals surface area contributed by atoms with Crippen molar-refractivity contribution in [2.45, 2.75) is 59.4 Å². The van der Waals surface area contributed by atoms with Crippen LogP contribution in [0.4, 0.5) is 0 Å². The van der Waals surface area contributed by atoms with E-state index in [-0.39, 0.29) is 24.6 Å². The molecule has 1 amide bonds. The maximum absolute atomic E-state index is 12.8. The molecule has 3 aromatic rings. The molecule has 1 aromatic heterocycles. The zero-order valence-electron chi connectivity index (χ0n) is 18.3. The van der Waals surface area contributed by atoms with E-state index in [9.17, 15) is 14.4 Å². The van der Waals surface area contributed by atoms with E-state index in [0.29, 0.717) is 13.1 Å². The highest BCUT2D eigenvalue weighted by atomic mass is 16.5. The quantitative estimate of drug-likeness (QED) is 0.536. The Bertz CT molecular complexity index is 1110. The largest absolute Gasteiger partial charge is 0.452 e. The average Bonchev–Trinajstić information content (AvgIpc) is 3.03. The standard InChI is InChI=1S/C24H29N3O4/c1-4-14-26-20-7-5-6-8-21(20)27(24(26)30)15-13-22(28)31-18(3)23(29)25-16-19-11-9-17(2)10-12-19/h5-12,18H,4,13-16H2,1-3H3,(H,25,29)/t18-/m1/s1. The summed E-state index contributed by atoms with van der Waals surface area (Å²) in [6.45, 7) is 6.75. The van der Waals surface area contributed by atoms with Crippen molar-refractivity contribution in [3.05, 3.63) is 70.1 Å². The topological polar surface area (TPSA) is 82.3 Å². The maximum Gasteiger partial charge on any atom is 0.329 e. The molecule has 164 valence electrons. The second-order valence-corrected chi connectivity index (χ2v) is 7.66. The van der Waals surface area contributed by atoms with Gasteiger partial charge in [-0.15, -0.1) is 0 Å². The summed E-state index contributed by atoms with van der Waals surface area (Å²) in [5.41, 5.74) is 3.62. The van der Waals surface area contributed by atoms with Gasteiger partial charge in [0.15, 0.2) is 6.10 Å². The number of hydrogen-bond donors (Lipinski definition) is 1. The molecule has 2 aromatic carbocycles. The minimum Gasteiger partial charge on any atom is -0.452 e. The van der Waals surface area contributed by atoms with Crippen LogP contribution in [0, 0.1) is 6.92 Å². The minimum atomic E-state index is -0.906. The van der Waals surface area contributed by atoms with Gasteiger partial charge in [-0.05, 0) is 38.0 Å². The number of hydrogen-bond acceptors (Lipinski definition) is 4. The molecule has 7 nitrogen and oxygen atoms in total. The SMILES string of the molecule is CCCn1c(=O)n(CCC(=O)O[C@H](C)C(=O)NCc2ccc(C)cc2)c2ccccc21. The molecule has 0 radical (unpaired) electrons. The molecule has 0 unspecified atom stereocenters. The predicted molar refractivity (Wildman–Crippen MR) is 120 cm³/mol. The number of fused-ring (bicyclic) bond motifs is 1. The first-order chi connectivity index (χ1) is 14.9. The van der Waals surface area contributed by atoms with E-state index in [1.54, 1.807) is 16.1 Å². The van der Waals surface area contributed by atoms with Crippen molar-refractivity contribution in [2.75, 3.05) is 0 Å². The number of para-hydroxylation sites is 2. The van der Waals surface area contributed by atoms with Gasteiger partial charge >= 0.3 is 11.7 Å². The molecule has 0 aliphatic carbocycles. The van der Waals surface area contributed by atoms with E-state index in [1.807, 2.05) is 62.4 Å².